The number of nitrogens with zero attached hydrogens (tertiary/aromatic N) is 2. The lowest BCUT2D eigenvalue weighted by Gasteiger charge is -2.07. The number of rotatable bonds is 6. The van der Waals surface area contributed by atoms with Crippen molar-refractivity contribution < 1.29 is 9.53 Å². The highest BCUT2D eigenvalue weighted by atomic mass is 16.5. The molecule has 4 nitrogen and oxygen atoms in total. The summed E-state index contributed by atoms with van der Waals surface area (Å²) in [7, 11) is 1.65. The van der Waals surface area contributed by atoms with Crippen LogP contribution in [0.2, 0.25) is 0 Å². The van der Waals surface area contributed by atoms with Gasteiger partial charge in [0.2, 0.25) is 0 Å². The second kappa shape index (κ2) is 7.92. The van der Waals surface area contributed by atoms with E-state index in [1.54, 1.807) is 7.11 Å². The van der Waals surface area contributed by atoms with Crippen molar-refractivity contribution in [2.75, 3.05) is 7.11 Å². The van der Waals surface area contributed by atoms with E-state index in [2.05, 4.69) is 0 Å². The molecule has 0 fully saturated rings. The molecule has 3 aromatic carbocycles. The molecule has 28 heavy (non-hydrogen) atoms. The molecule has 0 radical (unpaired) electrons. The molecule has 1 aromatic heterocycles. The first-order chi connectivity index (χ1) is 13.7. The third kappa shape index (κ3) is 3.71. The normalized spacial score (nSPS) is 10.6. The first kappa shape index (κ1) is 17.7. The molecule has 0 N–H and O–H groups in total. The first-order valence-corrected chi connectivity index (χ1v) is 9.11. The zero-order valence-electron chi connectivity index (χ0n) is 15.6. The first-order valence-electron chi connectivity index (χ1n) is 9.11. The monoisotopic (exact) mass is 368 g/mol. The van der Waals surface area contributed by atoms with Gasteiger partial charge in [-0.3, -0.25) is 4.79 Å². The van der Waals surface area contributed by atoms with E-state index in [-0.39, 0.29) is 12.2 Å². The number of hydrogen-bond donors (Lipinski definition) is 0. The lowest BCUT2D eigenvalue weighted by molar-refractivity contribution is 0.0991. The molecule has 0 unspecified atom stereocenters. The standard InChI is InChI=1S/C24H20N2O2/c1-28-22-14-12-18(13-15-22)23-16-21(17-24(27)19-8-4-2-5-9-19)26(25-23)20-10-6-3-7-11-20/h2-16H,17H2,1H3. The van der Waals surface area contributed by atoms with Gasteiger partial charge in [-0.1, -0.05) is 48.5 Å². The Morgan fingerprint density at radius 1 is 0.893 bits per heavy atom. The van der Waals surface area contributed by atoms with Crippen molar-refractivity contribution >= 4 is 5.78 Å². The van der Waals surface area contributed by atoms with Gasteiger partial charge in [-0.15, -0.1) is 0 Å². The molecule has 0 atom stereocenters. The maximum atomic E-state index is 12.8. The molecular weight excluding hydrogens is 348 g/mol. The molecule has 0 saturated carbocycles. The Morgan fingerprint density at radius 2 is 1.54 bits per heavy atom. The third-order valence-electron chi connectivity index (χ3n) is 4.61. The van der Waals surface area contributed by atoms with Crippen molar-refractivity contribution in [2.45, 2.75) is 6.42 Å². The maximum absolute atomic E-state index is 12.8. The number of carbonyl (C=O) groups is 1. The quantitative estimate of drug-likeness (QED) is 0.451. The highest BCUT2D eigenvalue weighted by molar-refractivity contribution is 5.97. The van der Waals surface area contributed by atoms with E-state index in [9.17, 15) is 4.79 Å². The van der Waals surface area contributed by atoms with Crippen LogP contribution in [0.5, 0.6) is 5.75 Å². The Morgan fingerprint density at radius 3 is 2.18 bits per heavy atom. The van der Waals surface area contributed by atoms with Crippen molar-refractivity contribution in [3.05, 3.63) is 102 Å². The minimum atomic E-state index is 0.0685. The smallest absolute Gasteiger partial charge is 0.168 e. The van der Waals surface area contributed by atoms with Gasteiger partial charge in [0.05, 0.1) is 30.6 Å². The van der Waals surface area contributed by atoms with Crippen LogP contribution in [0.1, 0.15) is 16.1 Å². The number of ketones is 1. The van der Waals surface area contributed by atoms with Gasteiger partial charge in [0.1, 0.15) is 5.75 Å². The van der Waals surface area contributed by atoms with Gasteiger partial charge in [0.25, 0.3) is 0 Å². The fourth-order valence-electron chi connectivity index (χ4n) is 3.13. The Labute approximate surface area is 164 Å². The van der Waals surface area contributed by atoms with Crippen molar-refractivity contribution in [1.29, 1.82) is 0 Å². The van der Waals surface area contributed by atoms with Crippen LogP contribution < -0.4 is 4.74 Å². The van der Waals surface area contributed by atoms with Gasteiger partial charge < -0.3 is 4.74 Å². The molecule has 4 aromatic rings. The summed E-state index contributed by atoms with van der Waals surface area (Å²) in [5, 5.41) is 4.78. The number of carbonyl (C=O) groups excluding carboxylic acids is 1. The largest absolute Gasteiger partial charge is 0.497 e. The Hall–Kier alpha value is -3.66. The van der Waals surface area contributed by atoms with Gasteiger partial charge in [-0.05, 0) is 42.5 Å². The van der Waals surface area contributed by atoms with Crippen LogP contribution in [-0.2, 0) is 6.42 Å². The highest BCUT2D eigenvalue weighted by Gasteiger charge is 2.15. The molecule has 0 aliphatic carbocycles. The van der Waals surface area contributed by atoms with E-state index in [0.717, 1.165) is 28.4 Å². The SMILES string of the molecule is COc1ccc(-c2cc(CC(=O)c3ccccc3)n(-c3ccccc3)n2)cc1. The van der Waals surface area contributed by atoms with Crippen molar-refractivity contribution in [1.82, 2.24) is 9.78 Å². The van der Waals surface area contributed by atoms with Crippen LogP contribution >= 0.6 is 0 Å². The zero-order valence-corrected chi connectivity index (χ0v) is 15.6. The molecule has 0 amide bonds. The minimum Gasteiger partial charge on any atom is -0.497 e. The van der Waals surface area contributed by atoms with E-state index < -0.39 is 0 Å². The molecule has 0 aliphatic rings. The Kier molecular flexibility index (Phi) is 5.02. The number of Topliss-reactive ketones (excluding diaryl/α,β-unsaturated/α-hetero) is 1. The summed E-state index contributed by atoms with van der Waals surface area (Å²) in [6, 6.07) is 29.0. The fraction of sp³-hybridized carbons (Fsp3) is 0.0833. The minimum absolute atomic E-state index is 0.0685. The van der Waals surface area contributed by atoms with Crippen LogP contribution in [0.25, 0.3) is 16.9 Å². The van der Waals surface area contributed by atoms with Crippen LogP contribution in [0.3, 0.4) is 0 Å². The summed E-state index contributed by atoms with van der Waals surface area (Å²) in [6.07, 6.45) is 0.280. The van der Waals surface area contributed by atoms with Crippen LogP contribution in [0, 0.1) is 0 Å². The Bertz CT molecular complexity index is 1070. The molecular formula is C24H20N2O2. The number of para-hydroxylation sites is 1. The predicted octanol–water partition coefficient (Wildman–Crippen LogP) is 4.97. The average Bonchev–Trinajstić information content (AvgIpc) is 3.18. The zero-order chi connectivity index (χ0) is 19.3. The maximum Gasteiger partial charge on any atom is 0.168 e. The second-order valence-electron chi connectivity index (χ2n) is 6.46. The number of benzene rings is 3. The van der Waals surface area contributed by atoms with Gasteiger partial charge in [0.15, 0.2) is 5.78 Å². The van der Waals surface area contributed by atoms with Crippen LogP contribution in [-0.4, -0.2) is 22.7 Å². The van der Waals surface area contributed by atoms with Gasteiger partial charge in [-0.2, -0.15) is 5.10 Å². The summed E-state index contributed by atoms with van der Waals surface area (Å²) in [4.78, 5) is 12.8. The summed E-state index contributed by atoms with van der Waals surface area (Å²) >= 11 is 0. The van der Waals surface area contributed by atoms with Crippen molar-refractivity contribution in [3.63, 3.8) is 0 Å². The molecule has 138 valence electrons. The van der Waals surface area contributed by atoms with Gasteiger partial charge >= 0.3 is 0 Å². The summed E-state index contributed by atoms with van der Waals surface area (Å²) in [5.74, 6) is 0.865. The Balaban J connectivity index is 1.73. The fourth-order valence-corrected chi connectivity index (χ4v) is 3.13. The summed E-state index contributed by atoms with van der Waals surface area (Å²) in [5.41, 5.74) is 4.28. The average molecular weight is 368 g/mol. The van der Waals surface area contributed by atoms with Gasteiger partial charge in [-0.25, -0.2) is 4.68 Å². The molecule has 1 heterocycles. The van der Waals surface area contributed by atoms with E-state index in [4.69, 9.17) is 9.84 Å². The highest BCUT2D eigenvalue weighted by Crippen LogP contribution is 2.25. The molecule has 0 spiro atoms. The van der Waals surface area contributed by atoms with Crippen molar-refractivity contribution in [3.8, 4) is 22.7 Å². The summed E-state index contributed by atoms with van der Waals surface area (Å²) in [6.45, 7) is 0. The number of ether oxygens (including phenoxy) is 1. The molecule has 4 rings (SSSR count). The lowest BCUT2D eigenvalue weighted by Crippen LogP contribution is -2.09. The van der Waals surface area contributed by atoms with Gasteiger partial charge in [0, 0.05) is 11.1 Å². The lowest BCUT2D eigenvalue weighted by atomic mass is 10.1. The predicted molar refractivity (Wildman–Crippen MR) is 110 cm³/mol. The van der Waals surface area contributed by atoms with E-state index in [1.807, 2.05) is 95.7 Å². The summed E-state index contributed by atoms with van der Waals surface area (Å²) < 4.78 is 7.08. The third-order valence-corrected chi connectivity index (χ3v) is 4.61. The number of methoxy groups -OCH3 is 1. The van der Waals surface area contributed by atoms with Crippen molar-refractivity contribution in [2.24, 2.45) is 0 Å². The van der Waals surface area contributed by atoms with E-state index in [0.29, 0.717) is 5.56 Å². The molecule has 0 saturated heterocycles. The molecule has 4 heteroatoms. The topological polar surface area (TPSA) is 44.1 Å². The molecule has 0 bridgehead atoms. The van der Waals surface area contributed by atoms with Crippen LogP contribution in [0.4, 0.5) is 0 Å². The van der Waals surface area contributed by atoms with E-state index >= 15 is 0 Å². The number of aromatic nitrogens is 2. The second-order valence-corrected chi connectivity index (χ2v) is 6.46. The number of hydrogen-bond acceptors (Lipinski definition) is 3. The van der Waals surface area contributed by atoms with Crippen LogP contribution in [0.15, 0.2) is 91.0 Å². The van der Waals surface area contributed by atoms with E-state index in [1.165, 1.54) is 0 Å². The molecule has 0 aliphatic heterocycles.